The number of amides is 2. The molecule has 1 aromatic carbocycles. The second-order valence-corrected chi connectivity index (χ2v) is 6.11. The van der Waals surface area contributed by atoms with Gasteiger partial charge in [-0.2, -0.15) is 8.78 Å². The molecule has 1 heterocycles. The fourth-order valence-electron chi connectivity index (χ4n) is 2.45. The molecule has 0 saturated carbocycles. The summed E-state index contributed by atoms with van der Waals surface area (Å²) in [5.41, 5.74) is 0.439. The van der Waals surface area contributed by atoms with Crippen LogP contribution in [0.1, 0.15) is 13.3 Å². The van der Waals surface area contributed by atoms with E-state index in [4.69, 9.17) is 0 Å². The standard InChI is InChI=1S/C15H21F2N3OS/c1-2-19-8-5-9-20(11-10-19)15(21)18-12-6-3-4-7-13(12)22-14(16)17/h3-4,6-7,14H,2,5,8-11H2,1H3,(H,18,21). The largest absolute Gasteiger partial charge is 0.323 e. The highest BCUT2D eigenvalue weighted by Crippen LogP contribution is 2.31. The van der Waals surface area contributed by atoms with Crippen LogP contribution < -0.4 is 5.32 Å². The number of para-hydroxylation sites is 1. The van der Waals surface area contributed by atoms with Gasteiger partial charge in [-0.25, -0.2) is 4.79 Å². The van der Waals surface area contributed by atoms with Crippen LogP contribution in [-0.4, -0.2) is 54.3 Å². The van der Waals surface area contributed by atoms with E-state index in [1.165, 1.54) is 0 Å². The van der Waals surface area contributed by atoms with Crippen LogP contribution in [0, 0.1) is 0 Å². The zero-order chi connectivity index (χ0) is 15.9. The quantitative estimate of drug-likeness (QED) is 0.858. The maximum atomic E-state index is 12.6. The van der Waals surface area contributed by atoms with Crippen LogP contribution in [0.3, 0.4) is 0 Å². The number of benzene rings is 1. The van der Waals surface area contributed by atoms with E-state index >= 15 is 0 Å². The van der Waals surface area contributed by atoms with Crippen molar-refractivity contribution in [2.75, 3.05) is 38.0 Å². The normalized spacial score (nSPS) is 16.6. The smallest absolute Gasteiger partial charge is 0.321 e. The highest BCUT2D eigenvalue weighted by molar-refractivity contribution is 7.99. The van der Waals surface area contributed by atoms with Crippen LogP contribution in [0.15, 0.2) is 29.2 Å². The molecule has 0 aliphatic carbocycles. The molecule has 122 valence electrons. The van der Waals surface area contributed by atoms with Crippen molar-refractivity contribution in [3.05, 3.63) is 24.3 Å². The first-order valence-corrected chi connectivity index (χ1v) is 8.30. The van der Waals surface area contributed by atoms with Crippen molar-refractivity contribution in [1.29, 1.82) is 0 Å². The number of hydrogen-bond acceptors (Lipinski definition) is 3. The molecule has 7 heteroatoms. The van der Waals surface area contributed by atoms with Crippen LogP contribution in [0.5, 0.6) is 0 Å². The third-order valence-corrected chi connectivity index (χ3v) is 4.46. The average Bonchev–Trinajstić information content (AvgIpc) is 2.74. The van der Waals surface area contributed by atoms with Gasteiger partial charge in [-0.3, -0.25) is 0 Å². The molecule has 4 nitrogen and oxygen atoms in total. The number of rotatable bonds is 4. The lowest BCUT2D eigenvalue weighted by Gasteiger charge is -2.22. The van der Waals surface area contributed by atoms with Gasteiger partial charge < -0.3 is 15.1 Å². The van der Waals surface area contributed by atoms with Gasteiger partial charge >= 0.3 is 6.03 Å². The lowest BCUT2D eigenvalue weighted by molar-refractivity contribution is 0.212. The van der Waals surface area contributed by atoms with Crippen LogP contribution >= 0.6 is 11.8 Å². The number of halogens is 2. The number of nitrogens with one attached hydrogen (secondary N) is 1. The second kappa shape index (κ2) is 8.33. The zero-order valence-electron chi connectivity index (χ0n) is 12.6. The van der Waals surface area contributed by atoms with Gasteiger partial charge in [0, 0.05) is 24.5 Å². The minimum absolute atomic E-state index is 0.222. The SMILES string of the molecule is CCN1CCCN(C(=O)Nc2ccccc2SC(F)F)CC1. The predicted molar refractivity (Wildman–Crippen MR) is 85.6 cm³/mol. The van der Waals surface area contributed by atoms with Crippen molar-refractivity contribution in [1.82, 2.24) is 9.80 Å². The summed E-state index contributed by atoms with van der Waals surface area (Å²) in [6.07, 6.45) is 0.925. The molecule has 1 N–H and O–H groups in total. The van der Waals surface area contributed by atoms with Gasteiger partial charge in [0.05, 0.1) is 5.69 Å². The number of urea groups is 1. The van der Waals surface area contributed by atoms with Gasteiger partial charge in [-0.05, 0) is 31.6 Å². The van der Waals surface area contributed by atoms with Gasteiger partial charge in [-0.15, -0.1) is 0 Å². The molecule has 2 amide bonds. The van der Waals surface area contributed by atoms with Crippen molar-refractivity contribution in [3.63, 3.8) is 0 Å². The van der Waals surface area contributed by atoms with Gasteiger partial charge in [0.1, 0.15) is 0 Å². The first-order chi connectivity index (χ1) is 10.6. The van der Waals surface area contributed by atoms with Gasteiger partial charge in [0.25, 0.3) is 5.76 Å². The molecule has 0 unspecified atom stereocenters. The minimum Gasteiger partial charge on any atom is -0.323 e. The molecule has 0 radical (unpaired) electrons. The molecule has 22 heavy (non-hydrogen) atoms. The van der Waals surface area contributed by atoms with E-state index in [0.29, 0.717) is 35.4 Å². The highest BCUT2D eigenvalue weighted by Gasteiger charge is 2.19. The summed E-state index contributed by atoms with van der Waals surface area (Å²) in [6.45, 7) is 6.25. The Morgan fingerprint density at radius 2 is 2.05 bits per heavy atom. The molecular weight excluding hydrogens is 308 g/mol. The molecule has 0 atom stereocenters. The molecule has 1 aromatic rings. The van der Waals surface area contributed by atoms with E-state index in [2.05, 4.69) is 17.1 Å². The number of alkyl halides is 2. The molecule has 1 aliphatic heterocycles. The number of thioether (sulfide) groups is 1. The first-order valence-electron chi connectivity index (χ1n) is 7.42. The maximum absolute atomic E-state index is 12.6. The molecule has 1 fully saturated rings. The Morgan fingerprint density at radius 1 is 1.27 bits per heavy atom. The number of likely N-dealkylation sites (N-methyl/N-ethyl adjacent to an activating group) is 1. The Hall–Kier alpha value is -1.34. The van der Waals surface area contributed by atoms with Crippen molar-refractivity contribution in [3.8, 4) is 0 Å². The van der Waals surface area contributed by atoms with Crippen LogP contribution in [0.2, 0.25) is 0 Å². The molecule has 2 rings (SSSR count). The highest BCUT2D eigenvalue weighted by atomic mass is 32.2. The number of nitrogens with zero attached hydrogens (tertiary/aromatic N) is 2. The Balaban J connectivity index is 1.99. The van der Waals surface area contributed by atoms with E-state index in [9.17, 15) is 13.6 Å². The average molecular weight is 329 g/mol. The van der Waals surface area contributed by atoms with E-state index in [1.807, 2.05) is 0 Å². The molecular formula is C15H21F2N3OS. The summed E-state index contributed by atoms with van der Waals surface area (Å²) >= 11 is 0.447. The monoisotopic (exact) mass is 329 g/mol. The summed E-state index contributed by atoms with van der Waals surface area (Å²) in [6, 6.07) is 6.44. The predicted octanol–water partition coefficient (Wildman–Crippen LogP) is 3.56. The minimum atomic E-state index is -2.51. The topological polar surface area (TPSA) is 35.6 Å². The van der Waals surface area contributed by atoms with Gasteiger partial charge in [0.15, 0.2) is 0 Å². The molecule has 0 bridgehead atoms. The van der Waals surface area contributed by atoms with Crippen molar-refractivity contribution in [2.45, 2.75) is 24.0 Å². The molecule has 0 aromatic heterocycles. The third kappa shape index (κ3) is 4.84. The lowest BCUT2D eigenvalue weighted by Crippen LogP contribution is -2.38. The summed E-state index contributed by atoms with van der Waals surface area (Å²) in [5.74, 6) is -2.51. The van der Waals surface area contributed by atoms with Gasteiger partial charge in [-0.1, -0.05) is 30.8 Å². The summed E-state index contributed by atoms with van der Waals surface area (Å²) < 4.78 is 25.1. The number of carbonyl (C=O) groups is 1. The molecule has 0 spiro atoms. The Morgan fingerprint density at radius 3 is 2.77 bits per heavy atom. The van der Waals surface area contributed by atoms with E-state index in [0.717, 1.165) is 26.1 Å². The van der Waals surface area contributed by atoms with Crippen molar-refractivity contribution in [2.24, 2.45) is 0 Å². The fourth-order valence-corrected chi connectivity index (χ4v) is 3.05. The number of anilines is 1. The number of hydrogen-bond donors (Lipinski definition) is 1. The summed E-state index contributed by atoms with van der Waals surface area (Å²) in [7, 11) is 0. The van der Waals surface area contributed by atoms with Gasteiger partial charge in [0.2, 0.25) is 0 Å². The van der Waals surface area contributed by atoms with E-state index < -0.39 is 5.76 Å². The Bertz CT molecular complexity index is 501. The molecule has 1 aliphatic rings. The lowest BCUT2D eigenvalue weighted by atomic mass is 10.3. The van der Waals surface area contributed by atoms with E-state index in [-0.39, 0.29) is 6.03 Å². The Labute approximate surface area is 133 Å². The third-order valence-electron chi connectivity index (χ3n) is 3.67. The van der Waals surface area contributed by atoms with Crippen LogP contribution in [-0.2, 0) is 0 Å². The first kappa shape index (κ1) is 17.0. The van der Waals surface area contributed by atoms with Crippen molar-refractivity contribution < 1.29 is 13.6 Å². The van der Waals surface area contributed by atoms with Crippen LogP contribution in [0.4, 0.5) is 19.3 Å². The fraction of sp³-hybridized carbons (Fsp3) is 0.533. The Kier molecular flexibility index (Phi) is 6.45. The summed E-state index contributed by atoms with van der Waals surface area (Å²) in [4.78, 5) is 16.8. The maximum Gasteiger partial charge on any atom is 0.321 e. The summed E-state index contributed by atoms with van der Waals surface area (Å²) in [5, 5.41) is 2.76. The number of carbonyl (C=O) groups excluding carboxylic acids is 1. The second-order valence-electron chi connectivity index (χ2n) is 5.08. The zero-order valence-corrected chi connectivity index (χ0v) is 13.4. The van der Waals surface area contributed by atoms with Crippen LogP contribution in [0.25, 0.3) is 0 Å². The van der Waals surface area contributed by atoms with E-state index in [1.54, 1.807) is 29.2 Å². The van der Waals surface area contributed by atoms with Crippen molar-refractivity contribution >= 4 is 23.5 Å². The molecule has 1 saturated heterocycles.